The van der Waals surface area contributed by atoms with Gasteiger partial charge in [-0.15, -0.1) is 0 Å². The van der Waals surface area contributed by atoms with Gasteiger partial charge in [-0.3, -0.25) is 9.78 Å². The molecule has 0 bridgehead atoms. The van der Waals surface area contributed by atoms with E-state index in [0.29, 0.717) is 41.1 Å². The molecule has 2 aliphatic heterocycles. The maximum atomic E-state index is 14.3. The zero-order valence-electron chi connectivity index (χ0n) is 22.7. The van der Waals surface area contributed by atoms with Crippen molar-refractivity contribution >= 4 is 22.6 Å². The first-order valence-corrected chi connectivity index (χ1v) is 13.5. The van der Waals surface area contributed by atoms with E-state index in [9.17, 15) is 27.6 Å². The SMILES string of the molecule is CN(C[C@@H]1CCCN1)C(=O)c1c(N2Cc3ccc(C(F)(F)F)cc3C2)cnc2ccc(-c3cc(F)cc(C#N)c3)nc12. The highest BCUT2D eigenvalue weighted by molar-refractivity contribution is 6.09. The second kappa shape index (κ2) is 10.7. The van der Waals surface area contributed by atoms with E-state index in [2.05, 4.69) is 10.3 Å². The van der Waals surface area contributed by atoms with Gasteiger partial charge in [0.25, 0.3) is 5.91 Å². The van der Waals surface area contributed by atoms with Crippen molar-refractivity contribution in [1.29, 1.82) is 5.26 Å². The molecule has 0 radical (unpaired) electrons. The van der Waals surface area contributed by atoms with E-state index >= 15 is 0 Å². The first-order valence-electron chi connectivity index (χ1n) is 13.5. The van der Waals surface area contributed by atoms with Gasteiger partial charge in [-0.25, -0.2) is 9.37 Å². The summed E-state index contributed by atoms with van der Waals surface area (Å²) in [5.74, 6) is -0.898. The van der Waals surface area contributed by atoms with Crippen molar-refractivity contribution in [3.63, 3.8) is 0 Å². The minimum atomic E-state index is -4.46. The number of benzene rings is 2. The molecule has 214 valence electrons. The van der Waals surface area contributed by atoms with Gasteiger partial charge in [0, 0.05) is 38.3 Å². The Hall–Kier alpha value is -4.56. The molecule has 2 aliphatic rings. The minimum Gasteiger partial charge on any atom is -0.361 e. The van der Waals surface area contributed by atoms with Gasteiger partial charge in [0.05, 0.1) is 45.9 Å². The Morgan fingerprint density at radius 1 is 1.14 bits per heavy atom. The molecule has 0 unspecified atom stereocenters. The lowest BCUT2D eigenvalue weighted by molar-refractivity contribution is -0.137. The Balaban J connectivity index is 1.46. The van der Waals surface area contributed by atoms with Crippen molar-refractivity contribution in [2.24, 2.45) is 0 Å². The third kappa shape index (κ3) is 5.25. The van der Waals surface area contributed by atoms with E-state index in [-0.39, 0.29) is 35.1 Å². The Morgan fingerprint density at radius 2 is 1.95 bits per heavy atom. The zero-order chi connectivity index (χ0) is 29.6. The summed E-state index contributed by atoms with van der Waals surface area (Å²) < 4.78 is 54.5. The predicted octanol–water partition coefficient (Wildman–Crippen LogP) is 5.67. The number of anilines is 1. The lowest BCUT2D eigenvalue weighted by atomic mass is 10.0. The number of aromatic nitrogens is 2. The smallest absolute Gasteiger partial charge is 0.361 e. The molecule has 2 aromatic carbocycles. The lowest BCUT2D eigenvalue weighted by Gasteiger charge is -2.26. The van der Waals surface area contributed by atoms with Crippen LogP contribution < -0.4 is 10.2 Å². The zero-order valence-corrected chi connectivity index (χ0v) is 22.7. The Labute approximate surface area is 239 Å². The van der Waals surface area contributed by atoms with Crippen LogP contribution in [0.1, 0.15) is 45.5 Å². The molecule has 2 aromatic heterocycles. The van der Waals surface area contributed by atoms with Gasteiger partial charge in [-0.05, 0) is 73.0 Å². The molecule has 1 fully saturated rings. The standard InChI is InChI=1S/C31H26F4N6O/c1-40(17-24-3-2-8-37-24)30(42)28-27(41-15-19-4-5-22(31(33,34)35)11-21(19)16-41)14-38-26-7-6-25(39-29(26)28)20-9-18(13-36)10-23(32)12-20/h4-7,9-12,14,24,37H,2-3,8,15-17H2,1H3/t24-/m0/s1. The first-order chi connectivity index (χ1) is 20.1. The average Bonchev–Trinajstić information content (AvgIpc) is 3.64. The second-order valence-electron chi connectivity index (χ2n) is 10.7. The Morgan fingerprint density at radius 3 is 2.69 bits per heavy atom. The van der Waals surface area contributed by atoms with Crippen LogP contribution in [-0.2, 0) is 19.3 Å². The number of halogens is 4. The molecule has 1 amide bonds. The molecule has 1 N–H and O–H groups in total. The maximum absolute atomic E-state index is 14.3. The summed E-state index contributed by atoms with van der Waals surface area (Å²) in [6, 6.07) is 13.0. The van der Waals surface area contributed by atoms with E-state index in [4.69, 9.17) is 4.98 Å². The molecule has 6 rings (SSSR count). The summed E-state index contributed by atoms with van der Waals surface area (Å²) >= 11 is 0. The molecule has 4 heterocycles. The van der Waals surface area contributed by atoms with Crippen molar-refractivity contribution in [2.45, 2.75) is 38.1 Å². The molecule has 4 aromatic rings. The third-order valence-electron chi connectivity index (χ3n) is 7.83. The summed E-state index contributed by atoms with van der Waals surface area (Å²) in [4.78, 5) is 26.9. The third-order valence-corrected chi connectivity index (χ3v) is 7.83. The summed E-state index contributed by atoms with van der Waals surface area (Å²) in [7, 11) is 1.71. The molecule has 0 spiro atoms. The van der Waals surface area contributed by atoms with Crippen LogP contribution >= 0.6 is 0 Å². The fraction of sp³-hybridized carbons (Fsp3) is 0.290. The van der Waals surface area contributed by atoms with E-state index in [1.54, 1.807) is 30.3 Å². The maximum Gasteiger partial charge on any atom is 0.416 e. The lowest BCUT2D eigenvalue weighted by Crippen LogP contribution is -2.39. The Kier molecular flexibility index (Phi) is 7.02. The average molecular weight is 575 g/mol. The largest absolute Gasteiger partial charge is 0.416 e. The number of amides is 1. The number of hydrogen-bond acceptors (Lipinski definition) is 6. The summed E-state index contributed by atoms with van der Waals surface area (Å²) in [5, 5.41) is 12.7. The number of carbonyl (C=O) groups excluding carboxylic acids is 1. The highest BCUT2D eigenvalue weighted by Gasteiger charge is 2.34. The molecule has 7 nitrogen and oxygen atoms in total. The number of nitriles is 1. The van der Waals surface area contributed by atoms with E-state index in [1.807, 2.05) is 11.0 Å². The molecule has 11 heteroatoms. The number of nitrogens with zero attached hydrogens (tertiary/aromatic N) is 5. The van der Waals surface area contributed by atoms with Crippen LogP contribution in [0.15, 0.2) is 54.7 Å². The van der Waals surface area contributed by atoms with Gasteiger partial charge in [-0.2, -0.15) is 18.4 Å². The fourth-order valence-corrected chi connectivity index (χ4v) is 5.73. The van der Waals surface area contributed by atoms with Gasteiger partial charge in [0.2, 0.25) is 0 Å². The predicted molar refractivity (Wildman–Crippen MR) is 149 cm³/mol. The summed E-state index contributed by atoms with van der Waals surface area (Å²) in [6.07, 6.45) is -0.947. The number of likely N-dealkylation sites (N-methyl/N-ethyl adjacent to an activating group) is 1. The molecular weight excluding hydrogens is 548 g/mol. The highest BCUT2D eigenvalue weighted by Crippen LogP contribution is 2.37. The monoisotopic (exact) mass is 574 g/mol. The molecular formula is C31H26F4N6O. The second-order valence-corrected chi connectivity index (χ2v) is 10.7. The molecule has 42 heavy (non-hydrogen) atoms. The van der Waals surface area contributed by atoms with Crippen molar-refractivity contribution in [1.82, 2.24) is 20.2 Å². The van der Waals surface area contributed by atoms with E-state index in [0.717, 1.165) is 43.1 Å². The number of hydrogen-bond donors (Lipinski definition) is 1. The van der Waals surface area contributed by atoms with Crippen molar-refractivity contribution in [2.75, 3.05) is 25.0 Å². The van der Waals surface area contributed by atoms with Crippen LogP contribution in [0.25, 0.3) is 22.3 Å². The van der Waals surface area contributed by atoms with Crippen LogP contribution in [0.2, 0.25) is 0 Å². The molecule has 0 saturated carbocycles. The van der Waals surface area contributed by atoms with Crippen LogP contribution in [0.4, 0.5) is 23.2 Å². The molecule has 1 saturated heterocycles. The number of nitrogens with one attached hydrogen (secondary N) is 1. The van der Waals surface area contributed by atoms with E-state index < -0.39 is 17.6 Å². The van der Waals surface area contributed by atoms with Crippen molar-refractivity contribution in [3.05, 3.63) is 88.4 Å². The van der Waals surface area contributed by atoms with E-state index in [1.165, 1.54) is 18.2 Å². The topological polar surface area (TPSA) is 85.2 Å². The van der Waals surface area contributed by atoms with Gasteiger partial charge < -0.3 is 15.1 Å². The normalized spacial score (nSPS) is 16.5. The minimum absolute atomic E-state index is 0.131. The van der Waals surface area contributed by atoms with Gasteiger partial charge >= 0.3 is 6.18 Å². The highest BCUT2D eigenvalue weighted by atomic mass is 19.4. The van der Waals surface area contributed by atoms with Gasteiger partial charge in [-0.1, -0.05) is 6.07 Å². The van der Waals surface area contributed by atoms with Gasteiger partial charge in [0.15, 0.2) is 0 Å². The summed E-state index contributed by atoms with van der Waals surface area (Å²) in [5.41, 5.74) is 2.83. The van der Waals surface area contributed by atoms with Gasteiger partial charge in [0.1, 0.15) is 11.3 Å². The number of rotatable bonds is 5. The van der Waals surface area contributed by atoms with Crippen LogP contribution in [0.5, 0.6) is 0 Å². The van der Waals surface area contributed by atoms with Crippen molar-refractivity contribution < 1.29 is 22.4 Å². The van der Waals surface area contributed by atoms with Crippen LogP contribution in [0.3, 0.4) is 0 Å². The van der Waals surface area contributed by atoms with Crippen LogP contribution in [-0.4, -0.2) is 47.0 Å². The summed E-state index contributed by atoms with van der Waals surface area (Å²) in [6.45, 7) is 1.80. The number of alkyl halides is 3. The molecule has 1 atom stereocenters. The number of fused-ring (bicyclic) bond motifs is 2. The number of pyridine rings is 2. The fourth-order valence-electron chi connectivity index (χ4n) is 5.73. The quantitative estimate of drug-likeness (QED) is 0.309. The number of carbonyl (C=O) groups is 1. The van der Waals surface area contributed by atoms with Crippen molar-refractivity contribution in [3.8, 4) is 17.3 Å². The van der Waals surface area contributed by atoms with Crippen LogP contribution in [0, 0.1) is 17.1 Å². The molecule has 0 aliphatic carbocycles. The Bertz CT molecular complexity index is 1740. The first kappa shape index (κ1) is 27.6.